The number of aromatic nitrogens is 2. The van der Waals surface area contributed by atoms with Crippen molar-refractivity contribution >= 4 is 6.03 Å². The van der Waals surface area contributed by atoms with Gasteiger partial charge in [0.2, 0.25) is 11.7 Å². The van der Waals surface area contributed by atoms with Crippen LogP contribution in [-0.2, 0) is 0 Å². The van der Waals surface area contributed by atoms with Crippen LogP contribution in [0, 0.1) is 0 Å². The predicted octanol–water partition coefficient (Wildman–Crippen LogP) is 4.11. The summed E-state index contributed by atoms with van der Waals surface area (Å²) in [4.78, 5) is 18.9. The molecule has 29 heavy (non-hydrogen) atoms. The Bertz CT molecular complexity index is 840. The Hall–Kier alpha value is -2.57. The molecule has 1 atom stereocenters. The van der Waals surface area contributed by atoms with Crippen molar-refractivity contribution in [2.75, 3.05) is 13.1 Å². The van der Waals surface area contributed by atoms with Gasteiger partial charge in [-0.15, -0.1) is 0 Å². The largest absolute Gasteiger partial charge is 0.489 e. The first-order valence-electron chi connectivity index (χ1n) is 10.9. The molecule has 2 heterocycles. The van der Waals surface area contributed by atoms with Gasteiger partial charge in [-0.05, 0) is 49.9 Å². The van der Waals surface area contributed by atoms with E-state index in [9.17, 15) is 4.79 Å². The van der Waals surface area contributed by atoms with E-state index in [0.29, 0.717) is 24.3 Å². The Morgan fingerprint density at radius 2 is 1.86 bits per heavy atom. The summed E-state index contributed by atoms with van der Waals surface area (Å²) in [6.07, 6.45) is 9.12. The lowest BCUT2D eigenvalue weighted by Gasteiger charge is -2.26. The van der Waals surface area contributed by atoms with Crippen LogP contribution in [0.4, 0.5) is 4.79 Å². The maximum absolute atomic E-state index is 12.5. The molecule has 2 aliphatic carbocycles. The number of benzene rings is 1. The zero-order valence-corrected chi connectivity index (χ0v) is 16.7. The van der Waals surface area contributed by atoms with Crippen LogP contribution in [-0.4, -0.2) is 46.3 Å². The normalized spacial score (nSPS) is 22.6. The number of nitrogens with zero attached hydrogens (tertiary/aromatic N) is 3. The van der Waals surface area contributed by atoms with Crippen LogP contribution in [0.3, 0.4) is 0 Å². The van der Waals surface area contributed by atoms with Crippen molar-refractivity contribution in [3.63, 3.8) is 0 Å². The minimum atomic E-state index is 0.0320. The van der Waals surface area contributed by atoms with Crippen LogP contribution in [0.15, 0.2) is 28.8 Å². The summed E-state index contributed by atoms with van der Waals surface area (Å²) >= 11 is 0. The van der Waals surface area contributed by atoms with E-state index >= 15 is 0 Å². The average Bonchev–Trinajstić information content (AvgIpc) is 3.29. The van der Waals surface area contributed by atoms with Gasteiger partial charge < -0.3 is 19.5 Å². The fourth-order valence-corrected chi connectivity index (χ4v) is 4.25. The zero-order valence-electron chi connectivity index (χ0n) is 16.7. The van der Waals surface area contributed by atoms with Gasteiger partial charge in [-0.2, -0.15) is 4.98 Å². The maximum atomic E-state index is 12.5. The lowest BCUT2D eigenvalue weighted by molar-refractivity contribution is 0.182. The summed E-state index contributed by atoms with van der Waals surface area (Å²) < 4.78 is 11.4. The Morgan fingerprint density at radius 3 is 2.62 bits per heavy atom. The molecule has 1 unspecified atom stereocenters. The molecule has 1 aromatic carbocycles. The second-order valence-electron chi connectivity index (χ2n) is 8.51. The lowest BCUT2D eigenvalue weighted by atomic mass is 9.96. The summed E-state index contributed by atoms with van der Waals surface area (Å²) in [6, 6.07) is 8.19. The fourth-order valence-electron chi connectivity index (χ4n) is 4.25. The maximum Gasteiger partial charge on any atom is 0.317 e. The number of hydrogen-bond acceptors (Lipinski definition) is 5. The molecule has 0 bridgehead atoms. The number of nitrogens with one attached hydrogen (secondary N) is 1. The Labute approximate surface area is 170 Å². The number of carbonyl (C=O) groups is 1. The molecule has 3 aliphatic rings. The Balaban J connectivity index is 1.13. The van der Waals surface area contributed by atoms with Gasteiger partial charge in [-0.1, -0.05) is 24.4 Å². The quantitative estimate of drug-likeness (QED) is 0.823. The highest BCUT2D eigenvalue weighted by molar-refractivity contribution is 5.74. The predicted molar refractivity (Wildman–Crippen MR) is 108 cm³/mol. The third-order valence-corrected chi connectivity index (χ3v) is 6.15. The van der Waals surface area contributed by atoms with E-state index in [2.05, 4.69) is 15.5 Å². The molecule has 2 amide bonds. The van der Waals surface area contributed by atoms with Crippen molar-refractivity contribution in [1.82, 2.24) is 20.4 Å². The smallest absolute Gasteiger partial charge is 0.317 e. The van der Waals surface area contributed by atoms with Gasteiger partial charge in [0, 0.05) is 30.5 Å². The van der Waals surface area contributed by atoms with Crippen LogP contribution in [0.5, 0.6) is 5.75 Å². The highest BCUT2D eigenvalue weighted by Gasteiger charge is 2.30. The second kappa shape index (κ2) is 8.05. The monoisotopic (exact) mass is 396 g/mol. The third kappa shape index (κ3) is 4.38. The first-order valence-corrected chi connectivity index (χ1v) is 10.9. The van der Waals surface area contributed by atoms with Crippen LogP contribution in [0.1, 0.15) is 63.2 Å². The molecule has 5 rings (SSSR count). The van der Waals surface area contributed by atoms with Gasteiger partial charge in [0.25, 0.3) is 0 Å². The zero-order chi connectivity index (χ0) is 19.6. The van der Waals surface area contributed by atoms with Crippen LogP contribution in [0.25, 0.3) is 11.4 Å². The summed E-state index contributed by atoms with van der Waals surface area (Å²) in [5.41, 5.74) is 0.924. The second-order valence-corrected chi connectivity index (χ2v) is 8.51. The molecule has 1 aliphatic heterocycles. The van der Waals surface area contributed by atoms with Gasteiger partial charge in [-0.3, -0.25) is 0 Å². The van der Waals surface area contributed by atoms with E-state index in [1.807, 2.05) is 29.2 Å². The van der Waals surface area contributed by atoms with Gasteiger partial charge in [0.05, 0.1) is 6.54 Å². The highest BCUT2D eigenvalue weighted by atomic mass is 16.5. The highest BCUT2D eigenvalue weighted by Crippen LogP contribution is 2.39. The topological polar surface area (TPSA) is 80.5 Å². The van der Waals surface area contributed by atoms with Crippen LogP contribution >= 0.6 is 0 Å². The standard InChI is InChI=1S/C22H28N4O3/c27-22(23-17-4-2-1-3-5-17)26-13-12-19(14-26)28-18-10-8-15(9-11-18)20-24-21(29-25-20)16-6-7-16/h8-11,16-17,19H,1-7,12-14H2,(H,23,27). The summed E-state index contributed by atoms with van der Waals surface area (Å²) in [5.74, 6) is 2.64. The number of amides is 2. The van der Waals surface area contributed by atoms with Crippen molar-refractivity contribution < 1.29 is 14.1 Å². The van der Waals surface area contributed by atoms with Gasteiger partial charge in [0.1, 0.15) is 11.9 Å². The number of urea groups is 1. The third-order valence-electron chi connectivity index (χ3n) is 6.15. The minimum Gasteiger partial charge on any atom is -0.489 e. The number of rotatable bonds is 5. The first kappa shape index (κ1) is 18.5. The summed E-state index contributed by atoms with van der Waals surface area (Å²) in [6.45, 7) is 1.38. The van der Waals surface area contributed by atoms with Gasteiger partial charge in [0.15, 0.2) is 0 Å². The van der Waals surface area contributed by atoms with Gasteiger partial charge in [-0.25, -0.2) is 4.79 Å². The van der Waals surface area contributed by atoms with E-state index in [0.717, 1.165) is 55.9 Å². The molecule has 2 aromatic rings. The number of hydrogen-bond donors (Lipinski definition) is 1. The molecule has 0 radical (unpaired) electrons. The molecule has 1 aromatic heterocycles. The van der Waals surface area contributed by atoms with Crippen molar-refractivity contribution in [1.29, 1.82) is 0 Å². The summed E-state index contributed by atoms with van der Waals surface area (Å²) in [5, 5.41) is 7.27. The van der Waals surface area contributed by atoms with E-state index in [-0.39, 0.29) is 12.1 Å². The lowest BCUT2D eigenvalue weighted by Crippen LogP contribution is -2.45. The molecule has 1 saturated heterocycles. The molecule has 154 valence electrons. The summed E-state index contributed by atoms with van der Waals surface area (Å²) in [7, 11) is 0. The van der Waals surface area contributed by atoms with Crippen molar-refractivity contribution in [3.8, 4) is 17.1 Å². The SMILES string of the molecule is O=C(NC1CCCCC1)N1CCC(Oc2ccc(-c3noc(C4CC4)n3)cc2)C1. The van der Waals surface area contributed by atoms with E-state index in [1.54, 1.807) is 0 Å². The first-order chi connectivity index (χ1) is 14.2. The molecule has 7 heteroatoms. The molecule has 1 N–H and O–H groups in total. The van der Waals surface area contributed by atoms with E-state index in [4.69, 9.17) is 9.26 Å². The molecule has 2 saturated carbocycles. The van der Waals surface area contributed by atoms with Crippen molar-refractivity contribution in [3.05, 3.63) is 30.2 Å². The Morgan fingerprint density at radius 1 is 1.07 bits per heavy atom. The number of carbonyl (C=O) groups excluding carboxylic acids is 1. The number of ether oxygens (including phenoxy) is 1. The fraction of sp³-hybridized carbons (Fsp3) is 0.591. The van der Waals surface area contributed by atoms with Crippen LogP contribution in [0.2, 0.25) is 0 Å². The molecule has 7 nitrogen and oxygen atoms in total. The van der Waals surface area contributed by atoms with E-state index in [1.165, 1.54) is 19.3 Å². The van der Waals surface area contributed by atoms with Crippen molar-refractivity contribution in [2.24, 2.45) is 0 Å². The average molecular weight is 396 g/mol. The van der Waals surface area contributed by atoms with Crippen LogP contribution < -0.4 is 10.1 Å². The van der Waals surface area contributed by atoms with E-state index < -0.39 is 0 Å². The Kier molecular flexibility index (Phi) is 5.12. The molecular formula is C22H28N4O3. The van der Waals surface area contributed by atoms with Crippen molar-refractivity contribution in [2.45, 2.75) is 69.4 Å². The van der Waals surface area contributed by atoms with Gasteiger partial charge >= 0.3 is 6.03 Å². The number of likely N-dealkylation sites (tertiary alicyclic amines) is 1. The molecular weight excluding hydrogens is 368 g/mol. The molecule has 3 fully saturated rings. The molecule has 0 spiro atoms. The minimum absolute atomic E-state index is 0.0320.